The van der Waals surface area contributed by atoms with Crippen molar-refractivity contribution in [1.29, 1.82) is 0 Å². The van der Waals surface area contributed by atoms with E-state index in [0.29, 0.717) is 11.8 Å². The van der Waals surface area contributed by atoms with Gasteiger partial charge in [-0.05, 0) is 40.8 Å². The Bertz CT molecular complexity index is 568. The van der Waals surface area contributed by atoms with Gasteiger partial charge in [-0.2, -0.15) is 0 Å². The first-order valence-electron chi connectivity index (χ1n) is 6.36. The molecule has 0 N–H and O–H groups in total. The average Bonchev–Trinajstić information content (AvgIpc) is 2.72. The van der Waals surface area contributed by atoms with E-state index in [-0.39, 0.29) is 0 Å². The predicted octanol–water partition coefficient (Wildman–Crippen LogP) is 1.96. The van der Waals surface area contributed by atoms with Gasteiger partial charge in [-0.25, -0.2) is 0 Å². The maximum atomic E-state index is 5.64. The van der Waals surface area contributed by atoms with E-state index in [2.05, 4.69) is 37.8 Å². The molecule has 3 rings (SSSR count). The molecule has 1 heterocycles. The van der Waals surface area contributed by atoms with Crippen LogP contribution in [0.4, 0.5) is 0 Å². The van der Waals surface area contributed by atoms with Crippen LogP contribution in [0, 0.1) is 5.92 Å². The van der Waals surface area contributed by atoms with Crippen LogP contribution in [0.1, 0.15) is 24.8 Å². The summed E-state index contributed by atoms with van der Waals surface area (Å²) in [6.45, 7) is 7.85. The third-order valence-electron chi connectivity index (χ3n) is 4.10. The van der Waals surface area contributed by atoms with Crippen LogP contribution in [-0.2, 0) is 4.74 Å². The lowest BCUT2D eigenvalue weighted by Gasteiger charge is -2.27. The van der Waals surface area contributed by atoms with E-state index in [4.69, 9.17) is 4.74 Å². The van der Waals surface area contributed by atoms with Gasteiger partial charge in [0.1, 0.15) is 0 Å². The molecule has 88 valence electrons. The topological polar surface area (TPSA) is 9.23 Å². The number of ether oxygens (including phenoxy) is 1. The number of rotatable bonds is 1. The summed E-state index contributed by atoms with van der Waals surface area (Å²) in [6.07, 6.45) is 5.37. The molecule has 2 atom stereocenters. The maximum absolute atomic E-state index is 5.64. The van der Waals surface area contributed by atoms with Crippen LogP contribution in [0.5, 0.6) is 0 Å². The first kappa shape index (κ1) is 10.8. The highest BCUT2D eigenvalue weighted by molar-refractivity contribution is 5.66. The fourth-order valence-corrected chi connectivity index (χ4v) is 3.33. The second kappa shape index (κ2) is 4.15. The van der Waals surface area contributed by atoms with Crippen molar-refractivity contribution >= 4 is 11.6 Å². The third kappa shape index (κ3) is 1.49. The molecule has 1 heteroatoms. The van der Waals surface area contributed by atoms with Crippen molar-refractivity contribution in [2.45, 2.75) is 19.3 Å². The summed E-state index contributed by atoms with van der Waals surface area (Å²) in [5.41, 5.74) is 2.89. The molecule has 1 aliphatic carbocycles. The molecule has 17 heavy (non-hydrogen) atoms. The molecule has 1 fully saturated rings. The zero-order valence-electron chi connectivity index (χ0n) is 10.3. The Hall–Kier alpha value is -1.34. The lowest BCUT2D eigenvalue weighted by Crippen LogP contribution is -2.27. The lowest BCUT2D eigenvalue weighted by atomic mass is 9.85. The summed E-state index contributed by atoms with van der Waals surface area (Å²) in [5, 5.41) is 2.76. The maximum Gasteiger partial charge on any atom is 0.0540 e. The van der Waals surface area contributed by atoms with E-state index < -0.39 is 0 Å². The Balaban J connectivity index is 2.34. The van der Waals surface area contributed by atoms with Crippen molar-refractivity contribution in [3.8, 4) is 0 Å². The normalized spacial score (nSPS) is 27.8. The predicted molar refractivity (Wildman–Crippen MR) is 71.1 cm³/mol. The summed E-state index contributed by atoms with van der Waals surface area (Å²) in [7, 11) is 0. The molecule has 0 spiro atoms. The van der Waals surface area contributed by atoms with Gasteiger partial charge >= 0.3 is 0 Å². The van der Waals surface area contributed by atoms with Crippen LogP contribution < -0.4 is 10.4 Å². The summed E-state index contributed by atoms with van der Waals surface area (Å²) in [6, 6.07) is 6.65. The molecule has 2 unspecified atom stereocenters. The van der Waals surface area contributed by atoms with Gasteiger partial charge in [0.15, 0.2) is 0 Å². The SMILES string of the molecule is C=CC1=c2c(ccc/c2=C/C)C2CCOCC12. The number of hydrogen-bond acceptors (Lipinski definition) is 1. The van der Waals surface area contributed by atoms with Crippen LogP contribution in [0.25, 0.3) is 11.6 Å². The summed E-state index contributed by atoms with van der Waals surface area (Å²) in [4.78, 5) is 0. The minimum Gasteiger partial charge on any atom is -0.381 e. The van der Waals surface area contributed by atoms with Crippen molar-refractivity contribution in [2.75, 3.05) is 13.2 Å². The molecule has 1 aliphatic heterocycles. The Morgan fingerprint density at radius 2 is 2.24 bits per heavy atom. The molecular weight excluding hydrogens is 208 g/mol. The first-order valence-corrected chi connectivity index (χ1v) is 6.36. The second-order valence-corrected chi connectivity index (χ2v) is 4.84. The highest BCUT2D eigenvalue weighted by atomic mass is 16.5. The van der Waals surface area contributed by atoms with Gasteiger partial charge in [0.05, 0.1) is 6.61 Å². The molecule has 0 bridgehead atoms. The van der Waals surface area contributed by atoms with E-state index in [1.54, 1.807) is 0 Å². The van der Waals surface area contributed by atoms with Crippen molar-refractivity contribution in [3.63, 3.8) is 0 Å². The molecule has 1 aromatic rings. The quantitative estimate of drug-likeness (QED) is 0.711. The Morgan fingerprint density at radius 1 is 1.35 bits per heavy atom. The zero-order chi connectivity index (χ0) is 11.8. The summed E-state index contributed by atoms with van der Waals surface area (Å²) >= 11 is 0. The Kier molecular flexibility index (Phi) is 2.64. The lowest BCUT2D eigenvalue weighted by molar-refractivity contribution is 0.0631. The molecule has 1 saturated heterocycles. The minimum absolute atomic E-state index is 0.525. The summed E-state index contributed by atoms with van der Waals surface area (Å²) < 4.78 is 5.64. The van der Waals surface area contributed by atoms with Crippen LogP contribution in [0.15, 0.2) is 30.9 Å². The standard InChI is InChI=1S/C16H18O/c1-3-11-6-5-7-14-13-8-9-17-10-15(13)12(4-2)16(11)14/h3-7,13,15H,2,8-10H2,1H3/b11-3-. The van der Waals surface area contributed by atoms with Crippen LogP contribution in [-0.4, -0.2) is 13.2 Å². The Labute approximate surface area is 102 Å². The van der Waals surface area contributed by atoms with Crippen LogP contribution in [0.2, 0.25) is 0 Å². The number of hydrogen-bond donors (Lipinski definition) is 0. The summed E-state index contributed by atoms with van der Waals surface area (Å²) in [5.74, 6) is 1.17. The molecular formula is C16H18O. The van der Waals surface area contributed by atoms with Gasteiger partial charge in [-0.15, -0.1) is 0 Å². The molecule has 0 amide bonds. The van der Waals surface area contributed by atoms with Crippen LogP contribution in [0.3, 0.4) is 0 Å². The molecule has 2 aliphatic rings. The zero-order valence-corrected chi connectivity index (χ0v) is 10.3. The number of allylic oxidation sites excluding steroid dienone is 1. The smallest absolute Gasteiger partial charge is 0.0540 e. The number of benzene rings is 1. The molecule has 1 aromatic carbocycles. The first-order chi connectivity index (χ1) is 8.36. The van der Waals surface area contributed by atoms with Gasteiger partial charge in [0.2, 0.25) is 0 Å². The van der Waals surface area contributed by atoms with E-state index in [0.717, 1.165) is 19.6 Å². The third-order valence-corrected chi connectivity index (χ3v) is 4.10. The molecule has 1 nitrogen and oxygen atoms in total. The van der Waals surface area contributed by atoms with E-state index in [1.807, 2.05) is 6.08 Å². The van der Waals surface area contributed by atoms with Gasteiger partial charge < -0.3 is 4.74 Å². The molecule has 0 saturated carbocycles. The fraction of sp³-hybridized carbons (Fsp3) is 0.375. The average molecular weight is 226 g/mol. The van der Waals surface area contributed by atoms with Gasteiger partial charge in [0.25, 0.3) is 0 Å². The van der Waals surface area contributed by atoms with Crippen molar-refractivity contribution in [1.82, 2.24) is 0 Å². The van der Waals surface area contributed by atoms with Gasteiger partial charge in [0, 0.05) is 12.5 Å². The fourth-order valence-electron chi connectivity index (χ4n) is 3.33. The van der Waals surface area contributed by atoms with Gasteiger partial charge in [-0.1, -0.05) is 36.9 Å². The van der Waals surface area contributed by atoms with E-state index in [9.17, 15) is 0 Å². The van der Waals surface area contributed by atoms with Crippen LogP contribution >= 0.6 is 0 Å². The highest BCUT2D eigenvalue weighted by Gasteiger charge is 2.34. The second-order valence-electron chi connectivity index (χ2n) is 4.84. The van der Waals surface area contributed by atoms with E-state index >= 15 is 0 Å². The van der Waals surface area contributed by atoms with Gasteiger partial charge in [-0.3, -0.25) is 0 Å². The van der Waals surface area contributed by atoms with E-state index in [1.165, 1.54) is 21.6 Å². The highest BCUT2D eigenvalue weighted by Crippen LogP contribution is 2.39. The number of fused-ring (bicyclic) bond motifs is 3. The molecule has 0 radical (unpaired) electrons. The van der Waals surface area contributed by atoms with Crippen molar-refractivity contribution < 1.29 is 4.74 Å². The van der Waals surface area contributed by atoms with Crippen molar-refractivity contribution in [2.24, 2.45) is 5.92 Å². The monoisotopic (exact) mass is 226 g/mol. The Morgan fingerprint density at radius 3 is 3.00 bits per heavy atom. The minimum atomic E-state index is 0.525. The molecule has 0 aromatic heterocycles. The van der Waals surface area contributed by atoms with Crippen molar-refractivity contribution in [3.05, 3.63) is 46.9 Å². The largest absolute Gasteiger partial charge is 0.381 e.